The lowest BCUT2D eigenvalue weighted by Gasteiger charge is -2.24. The second kappa shape index (κ2) is 9.61. The number of hydrogen-bond acceptors (Lipinski definition) is 4. The maximum Gasteiger partial charge on any atom is 0.232 e. The van der Waals surface area contributed by atoms with Crippen LogP contribution in [0.25, 0.3) is 0 Å². The van der Waals surface area contributed by atoms with Crippen molar-refractivity contribution < 1.29 is 4.79 Å². The monoisotopic (exact) mass is 287 g/mol. The Kier molecular flexibility index (Phi) is 8.50. The zero-order chi connectivity index (χ0) is 14.1. The number of hydrogen-bond donors (Lipinski definition) is 1. The van der Waals surface area contributed by atoms with Gasteiger partial charge in [0.2, 0.25) is 5.91 Å². The average Bonchev–Trinajstić information content (AvgIpc) is 2.87. The van der Waals surface area contributed by atoms with Crippen molar-refractivity contribution in [3.05, 3.63) is 0 Å². The topological polar surface area (TPSA) is 35.6 Å². The standard InChI is InChI=1S/C14H29N3OS/c1-4-16(5-2)9-10-19-12-14(18)17-8-6-7-13(17)11-15-3/h13,15H,4-12H2,1-3H3. The number of likely N-dealkylation sites (N-methyl/N-ethyl adjacent to an activating group) is 1. The van der Waals surface area contributed by atoms with E-state index in [1.165, 1.54) is 0 Å². The maximum atomic E-state index is 12.2. The highest BCUT2D eigenvalue weighted by atomic mass is 32.2. The Balaban J connectivity index is 2.20. The molecule has 1 N–H and O–H groups in total. The second-order valence-corrected chi connectivity index (χ2v) is 6.13. The molecule has 5 heteroatoms. The van der Waals surface area contributed by atoms with E-state index in [0.717, 1.165) is 51.3 Å². The molecule has 112 valence electrons. The van der Waals surface area contributed by atoms with Crippen LogP contribution < -0.4 is 5.32 Å². The van der Waals surface area contributed by atoms with Crippen LogP contribution in [0.4, 0.5) is 0 Å². The molecule has 4 nitrogen and oxygen atoms in total. The van der Waals surface area contributed by atoms with Gasteiger partial charge >= 0.3 is 0 Å². The van der Waals surface area contributed by atoms with Crippen LogP contribution in [0.2, 0.25) is 0 Å². The van der Waals surface area contributed by atoms with Gasteiger partial charge < -0.3 is 15.1 Å². The molecule has 0 aliphatic carbocycles. The summed E-state index contributed by atoms with van der Waals surface area (Å²) in [5.74, 6) is 2.02. The van der Waals surface area contributed by atoms with Gasteiger partial charge in [0, 0.05) is 31.4 Å². The number of likely N-dealkylation sites (tertiary alicyclic amines) is 1. The molecular formula is C14H29N3OS. The van der Waals surface area contributed by atoms with E-state index in [9.17, 15) is 4.79 Å². The number of carbonyl (C=O) groups excluding carboxylic acids is 1. The van der Waals surface area contributed by atoms with E-state index in [0.29, 0.717) is 17.7 Å². The fourth-order valence-corrected chi connectivity index (χ4v) is 3.46. The van der Waals surface area contributed by atoms with Crippen molar-refractivity contribution in [3.8, 4) is 0 Å². The summed E-state index contributed by atoms with van der Waals surface area (Å²) in [5, 5.41) is 3.18. The molecule has 19 heavy (non-hydrogen) atoms. The zero-order valence-corrected chi connectivity index (χ0v) is 13.5. The molecule has 0 aromatic rings. The molecule has 1 atom stereocenters. The Morgan fingerprint density at radius 2 is 2.16 bits per heavy atom. The van der Waals surface area contributed by atoms with Gasteiger partial charge in [0.1, 0.15) is 0 Å². The van der Waals surface area contributed by atoms with Crippen LogP contribution in [0.5, 0.6) is 0 Å². The van der Waals surface area contributed by atoms with E-state index in [-0.39, 0.29) is 0 Å². The van der Waals surface area contributed by atoms with Gasteiger partial charge in [-0.3, -0.25) is 4.79 Å². The molecular weight excluding hydrogens is 258 g/mol. The third kappa shape index (κ3) is 5.71. The minimum absolute atomic E-state index is 0.322. The molecule has 1 amide bonds. The van der Waals surface area contributed by atoms with E-state index >= 15 is 0 Å². The minimum Gasteiger partial charge on any atom is -0.338 e. The van der Waals surface area contributed by atoms with Crippen LogP contribution in [0.3, 0.4) is 0 Å². The summed E-state index contributed by atoms with van der Waals surface area (Å²) < 4.78 is 0. The highest BCUT2D eigenvalue weighted by Gasteiger charge is 2.27. The molecule has 0 saturated carbocycles. The molecule has 0 spiro atoms. The van der Waals surface area contributed by atoms with Gasteiger partial charge in [0.15, 0.2) is 0 Å². The number of nitrogens with one attached hydrogen (secondary N) is 1. The zero-order valence-electron chi connectivity index (χ0n) is 12.7. The third-order valence-corrected chi connectivity index (χ3v) is 4.73. The molecule has 1 aliphatic rings. The number of nitrogens with zero attached hydrogens (tertiary/aromatic N) is 2. The van der Waals surface area contributed by atoms with E-state index in [1.54, 1.807) is 11.8 Å². The van der Waals surface area contributed by atoms with Crippen molar-refractivity contribution in [2.45, 2.75) is 32.7 Å². The Bertz CT molecular complexity index is 259. The average molecular weight is 287 g/mol. The molecule has 1 aliphatic heterocycles. The van der Waals surface area contributed by atoms with Crippen LogP contribution >= 0.6 is 11.8 Å². The van der Waals surface area contributed by atoms with Gasteiger partial charge in [0.05, 0.1) is 5.75 Å². The Hall–Kier alpha value is -0.260. The lowest BCUT2D eigenvalue weighted by molar-refractivity contribution is -0.129. The maximum absolute atomic E-state index is 12.2. The van der Waals surface area contributed by atoms with Gasteiger partial charge in [-0.1, -0.05) is 13.8 Å². The molecule has 0 radical (unpaired) electrons. The summed E-state index contributed by atoms with van der Waals surface area (Å²) in [6.45, 7) is 9.53. The Morgan fingerprint density at radius 3 is 2.79 bits per heavy atom. The molecule has 0 aromatic carbocycles. The number of amides is 1. The summed E-state index contributed by atoms with van der Waals surface area (Å²) >= 11 is 1.77. The van der Waals surface area contributed by atoms with Gasteiger partial charge in [-0.05, 0) is 33.0 Å². The predicted molar refractivity (Wildman–Crippen MR) is 83.8 cm³/mol. The van der Waals surface area contributed by atoms with Gasteiger partial charge in [-0.2, -0.15) is 11.8 Å². The Labute approximate surface area is 122 Å². The van der Waals surface area contributed by atoms with Crippen LogP contribution in [0.15, 0.2) is 0 Å². The second-order valence-electron chi connectivity index (χ2n) is 5.02. The largest absolute Gasteiger partial charge is 0.338 e. The van der Waals surface area contributed by atoms with Crippen molar-refractivity contribution in [2.24, 2.45) is 0 Å². The number of rotatable bonds is 9. The fraction of sp³-hybridized carbons (Fsp3) is 0.929. The minimum atomic E-state index is 0.322. The van der Waals surface area contributed by atoms with E-state index < -0.39 is 0 Å². The number of thioether (sulfide) groups is 1. The highest BCUT2D eigenvalue weighted by Crippen LogP contribution is 2.18. The van der Waals surface area contributed by atoms with Crippen molar-refractivity contribution >= 4 is 17.7 Å². The van der Waals surface area contributed by atoms with Crippen molar-refractivity contribution in [3.63, 3.8) is 0 Å². The van der Waals surface area contributed by atoms with E-state index in [2.05, 4.69) is 29.0 Å². The normalized spacial score (nSPS) is 19.4. The first-order valence-electron chi connectivity index (χ1n) is 7.47. The third-order valence-electron chi connectivity index (χ3n) is 3.81. The van der Waals surface area contributed by atoms with E-state index in [1.807, 2.05) is 7.05 Å². The SMILES string of the molecule is CCN(CC)CCSCC(=O)N1CCCC1CNC. The summed E-state index contributed by atoms with van der Waals surface area (Å²) in [6.07, 6.45) is 2.30. The summed E-state index contributed by atoms with van der Waals surface area (Å²) in [7, 11) is 1.96. The van der Waals surface area contributed by atoms with Crippen LogP contribution in [-0.2, 0) is 4.79 Å². The highest BCUT2D eigenvalue weighted by molar-refractivity contribution is 7.99. The first-order valence-corrected chi connectivity index (χ1v) is 8.62. The van der Waals surface area contributed by atoms with Crippen molar-refractivity contribution in [1.82, 2.24) is 15.1 Å². The number of carbonyl (C=O) groups is 1. The van der Waals surface area contributed by atoms with Gasteiger partial charge in [0.25, 0.3) is 0 Å². The fourth-order valence-electron chi connectivity index (χ4n) is 2.59. The van der Waals surface area contributed by atoms with Crippen LogP contribution in [-0.4, -0.2) is 73.0 Å². The molecule has 1 rings (SSSR count). The molecule has 1 fully saturated rings. The van der Waals surface area contributed by atoms with Crippen LogP contribution in [0.1, 0.15) is 26.7 Å². The Morgan fingerprint density at radius 1 is 1.42 bits per heavy atom. The molecule has 0 aromatic heterocycles. The first kappa shape index (κ1) is 16.8. The lowest BCUT2D eigenvalue weighted by atomic mass is 10.2. The van der Waals surface area contributed by atoms with Gasteiger partial charge in [-0.15, -0.1) is 0 Å². The molecule has 1 heterocycles. The first-order chi connectivity index (χ1) is 9.22. The summed E-state index contributed by atoms with van der Waals surface area (Å²) in [5.41, 5.74) is 0. The predicted octanol–water partition coefficient (Wildman–Crippen LogP) is 1.27. The lowest BCUT2D eigenvalue weighted by Crippen LogP contribution is -2.41. The summed E-state index contributed by atoms with van der Waals surface area (Å²) in [6, 6.07) is 0.417. The van der Waals surface area contributed by atoms with Crippen LogP contribution in [0, 0.1) is 0 Å². The quantitative estimate of drug-likeness (QED) is 0.648. The van der Waals surface area contributed by atoms with E-state index in [4.69, 9.17) is 0 Å². The molecule has 1 unspecified atom stereocenters. The smallest absolute Gasteiger partial charge is 0.232 e. The summed E-state index contributed by atoms with van der Waals surface area (Å²) in [4.78, 5) is 16.6. The van der Waals surface area contributed by atoms with Crippen molar-refractivity contribution in [1.29, 1.82) is 0 Å². The molecule has 0 bridgehead atoms. The van der Waals surface area contributed by atoms with Crippen molar-refractivity contribution in [2.75, 3.05) is 51.3 Å². The van der Waals surface area contributed by atoms with Gasteiger partial charge in [-0.25, -0.2) is 0 Å². The molecule has 1 saturated heterocycles.